The molecule has 6 nitrogen and oxygen atoms in total. The van der Waals surface area contributed by atoms with Crippen molar-refractivity contribution >= 4 is 28.6 Å². The second-order valence-electron chi connectivity index (χ2n) is 7.96. The Bertz CT molecular complexity index is 1050. The Morgan fingerprint density at radius 1 is 1.00 bits per heavy atom. The van der Waals surface area contributed by atoms with E-state index in [1.54, 1.807) is 12.1 Å². The number of fused-ring (bicyclic) bond motifs is 1. The lowest BCUT2D eigenvalue weighted by molar-refractivity contribution is 0.0926. The van der Waals surface area contributed by atoms with Crippen LogP contribution in [-0.2, 0) is 0 Å². The SMILES string of the molecule is CN(C)c1nc(N[C@H]2CC[C@@H](NC(=O)c3cccc(F)c3)CC2)nc2ccccc12. The highest BCUT2D eigenvalue weighted by Gasteiger charge is 2.24. The van der Waals surface area contributed by atoms with Crippen LogP contribution in [0.25, 0.3) is 10.9 Å². The van der Waals surface area contributed by atoms with Crippen LogP contribution in [0.15, 0.2) is 48.5 Å². The minimum absolute atomic E-state index is 0.0914. The standard InChI is InChI=1S/C23H26FN5O/c1-29(2)21-19-8-3-4-9-20(19)27-23(28-21)26-18-12-10-17(11-13-18)25-22(30)15-6-5-7-16(24)14-15/h3-9,14,17-18H,10-13H2,1-2H3,(H,25,30)(H,26,27,28)/t17-,18+. The Balaban J connectivity index is 1.37. The van der Waals surface area contributed by atoms with Gasteiger partial charge in [-0.1, -0.05) is 18.2 Å². The fourth-order valence-corrected chi connectivity index (χ4v) is 3.93. The fourth-order valence-electron chi connectivity index (χ4n) is 3.93. The Hall–Kier alpha value is -3.22. The summed E-state index contributed by atoms with van der Waals surface area (Å²) < 4.78 is 13.3. The molecule has 2 N–H and O–H groups in total. The number of benzene rings is 2. The molecule has 1 saturated carbocycles. The number of halogens is 1. The number of hydrogen-bond acceptors (Lipinski definition) is 5. The number of rotatable bonds is 5. The third-order valence-corrected chi connectivity index (χ3v) is 5.49. The van der Waals surface area contributed by atoms with Gasteiger partial charge < -0.3 is 15.5 Å². The Morgan fingerprint density at radius 2 is 1.73 bits per heavy atom. The molecule has 1 fully saturated rings. The lowest BCUT2D eigenvalue weighted by Crippen LogP contribution is -2.40. The van der Waals surface area contributed by atoms with Gasteiger partial charge in [-0.05, 0) is 56.0 Å². The number of aromatic nitrogens is 2. The predicted molar refractivity (Wildman–Crippen MR) is 117 cm³/mol. The fraction of sp³-hybridized carbons (Fsp3) is 0.348. The highest BCUT2D eigenvalue weighted by molar-refractivity contribution is 5.94. The number of hydrogen-bond donors (Lipinski definition) is 2. The lowest BCUT2D eigenvalue weighted by Gasteiger charge is -2.30. The van der Waals surface area contributed by atoms with Crippen LogP contribution < -0.4 is 15.5 Å². The number of nitrogens with one attached hydrogen (secondary N) is 2. The molecule has 2 aromatic carbocycles. The van der Waals surface area contributed by atoms with Gasteiger partial charge in [0.2, 0.25) is 5.95 Å². The number of amides is 1. The summed E-state index contributed by atoms with van der Waals surface area (Å²) in [6.45, 7) is 0. The molecule has 0 saturated heterocycles. The molecule has 30 heavy (non-hydrogen) atoms. The van der Waals surface area contributed by atoms with Gasteiger partial charge in [0.25, 0.3) is 5.91 Å². The number of carbonyl (C=O) groups is 1. The topological polar surface area (TPSA) is 70.2 Å². The molecule has 1 amide bonds. The highest BCUT2D eigenvalue weighted by Crippen LogP contribution is 2.26. The molecule has 1 aliphatic carbocycles. The number of anilines is 2. The molecular formula is C23H26FN5O. The van der Waals surface area contributed by atoms with E-state index in [-0.39, 0.29) is 18.0 Å². The molecule has 1 aromatic heterocycles. The van der Waals surface area contributed by atoms with Crippen LogP contribution in [0.5, 0.6) is 0 Å². The first-order valence-electron chi connectivity index (χ1n) is 10.3. The van der Waals surface area contributed by atoms with Gasteiger partial charge in [-0.15, -0.1) is 0 Å². The molecule has 0 spiro atoms. The van der Waals surface area contributed by atoms with Crippen LogP contribution in [0.3, 0.4) is 0 Å². The zero-order valence-electron chi connectivity index (χ0n) is 17.2. The van der Waals surface area contributed by atoms with Crippen LogP contribution in [0.4, 0.5) is 16.2 Å². The van der Waals surface area contributed by atoms with Gasteiger partial charge in [0, 0.05) is 37.1 Å². The molecule has 0 unspecified atom stereocenters. The molecule has 0 bridgehead atoms. The number of para-hydroxylation sites is 1. The van der Waals surface area contributed by atoms with E-state index in [0.717, 1.165) is 42.4 Å². The van der Waals surface area contributed by atoms with Crippen LogP contribution >= 0.6 is 0 Å². The van der Waals surface area contributed by atoms with Crippen LogP contribution in [0, 0.1) is 5.82 Å². The average Bonchev–Trinajstić information content (AvgIpc) is 2.74. The van der Waals surface area contributed by atoms with Gasteiger partial charge in [-0.2, -0.15) is 4.98 Å². The van der Waals surface area contributed by atoms with Gasteiger partial charge in [0.1, 0.15) is 11.6 Å². The van der Waals surface area contributed by atoms with Crippen molar-refractivity contribution in [3.8, 4) is 0 Å². The van der Waals surface area contributed by atoms with E-state index in [1.165, 1.54) is 12.1 Å². The van der Waals surface area contributed by atoms with E-state index in [9.17, 15) is 9.18 Å². The van der Waals surface area contributed by atoms with E-state index < -0.39 is 5.82 Å². The summed E-state index contributed by atoms with van der Waals surface area (Å²) in [7, 11) is 3.95. The van der Waals surface area contributed by atoms with Crippen molar-refractivity contribution in [1.82, 2.24) is 15.3 Å². The zero-order valence-corrected chi connectivity index (χ0v) is 17.2. The zero-order chi connectivity index (χ0) is 21.1. The number of carbonyl (C=O) groups excluding carboxylic acids is 1. The van der Waals surface area contributed by atoms with Crippen LogP contribution in [0.1, 0.15) is 36.0 Å². The molecule has 1 aliphatic rings. The number of nitrogens with zero attached hydrogens (tertiary/aromatic N) is 3. The van der Waals surface area contributed by atoms with Crippen LogP contribution in [-0.4, -0.2) is 42.1 Å². The van der Waals surface area contributed by atoms with Gasteiger partial charge in [0.15, 0.2) is 0 Å². The van der Waals surface area contributed by atoms with Gasteiger partial charge in [-0.3, -0.25) is 4.79 Å². The maximum Gasteiger partial charge on any atom is 0.251 e. The Morgan fingerprint density at radius 3 is 2.47 bits per heavy atom. The van der Waals surface area contributed by atoms with E-state index in [4.69, 9.17) is 4.98 Å². The molecule has 4 rings (SSSR count). The summed E-state index contributed by atoms with van der Waals surface area (Å²) in [5, 5.41) is 7.52. The summed E-state index contributed by atoms with van der Waals surface area (Å²) in [5.74, 6) is 0.895. The Labute approximate surface area is 175 Å². The Kier molecular flexibility index (Phi) is 5.79. The molecule has 0 atom stereocenters. The summed E-state index contributed by atoms with van der Waals surface area (Å²) in [5.41, 5.74) is 1.27. The quantitative estimate of drug-likeness (QED) is 0.669. The normalized spacial score (nSPS) is 18.8. The van der Waals surface area contributed by atoms with Crippen LogP contribution in [0.2, 0.25) is 0 Å². The van der Waals surface area contributed by atoms with E-state index in [0.29, 0.717) is 11.5 Å². The molecule has 7 heteroatoms. The molecule has 1 heterocycles. The van der Waals surface area contributed by atoms with Crippen molar-refractivity contribution in [1.29, 1.82) is 0 Å². The molecule has 3 aromatic rings. The molecule has 0 aliphatic heterocycles. The maximum atomic E-state index is 13.3. The van der Waals surface area contributed by atoms with E-state index in [2.05, 4.69) is 15.6 Å². The second kappa shape index (κ2) is 8.65. The van der Waals surface area contributed by atoms with Crippen molar-refractivity contribution < 1.29 is 9.18 Å². The van der Waals surface area contributed by atoms with Crippen molar-refractivity contribution in [2.24, 2.45) is 0 Å². The summed E-state index contributed by atoms with van der Waals surface area (Å²) in [4.78, 5) is 23.7. The highest BCUT2D eigenvalue weighted by atomic mass is 19.1. The van der Waals surface area contributed by atoms with Crippen molar-refractivity contribution in [2.75, 3.05) is 24.3 Å². The third kappa shape index (κ3) is 4.50. The first kappa shape index (κ1) is 20.1. The van der Waals surface area contributed by atoms with Crippen molar-refractivity contribution in [3.63, 3.8) is 0 Å². The minimum atomic E-state index is -0.400. The average molecular weight is 407 g/mol. The minimum Gasteiger partial charge on any atom is -0.362 e. The van der Waals surface area contributed by atoms with Crippen molar-refractivity contribution in [2.45, 2.75) is 37.8 Å². The maximum absolute atomic E-state index is 13.3. The monoisotopic (exact) mass is 407 g/mol. The predicted octanol–water partition coefficient (Wildman–Crippen LogP) is 3.99. The lowest BCUT2D eigenvalue weighted by atomic mass is 9.91. The first-order chi connectivity index (χ1) is 14.5. The summed E-state index contributed by atoms with van der Waals surface area (Å²) >= 11 is 0. The van der Waals surface area contributed by atoms with E-state index >= 15 is 0 Å². The summed E-state index contributed by atoms with van der Waals surface area (Å²) in [6.07, 6.45) is 3.52. The van der Waals surface area contributed by atoms with Gasteiger partial charge in [0.05, 0.1) is 5.52 Å². The largest absolute Gasteiger partial charge is 0.362 e. The molecule has 0 radical (unpaired) electrons. The van der Waals surface area contributed by atoms with Gasteiger partial charge >= 0.3 is 0 Å². The smallest absolute Gasteiger partial charge is 0.251 e. The summed E-state index contributed by atoms with van der Waals surface area (Å²) in [6, 6.07) is 14.1. The first-order valence-corrected chi connectivity index (χ1v) is 10.3. The van der Waals surface area contributed by atoms with E-state index in [1.807, 2.05) is 43.3 Å². The molecular weight excluding hydrogens is 381 g/mol. The third-order valence-electron chi connectivity index (χ3n) is 5.49. The second-order valence-corrected chi connectivity index (χ2v) is 7.96. The van der Waals surface area contributed by atoms with Crippen molar-refractivity contribution in [3.05, 3.63) is 59.9 Å². The molecule has 156 valence electrons. The van der Waals surface area contributed by atoms with Gasteiger partial charge in [-0.25, -0.2) is 9.37 Å².